The van der Waals surface area contributed by atoms with E-state index in [9.17, 15) is 4.79 Å². The number of likely N-dealkylation sites (tertiary alicyclic amines) is 1. The summed E-state index contributed by atoms with van der Waals surface area (Å²) in [6.45, 7) is 7.86. The molecule has 9 nitrogen and oxygen atoms in total. The molecule has 2 aromatic carbocycles. The number of benzene rings is 2. The lowest BCUT2D eigenvalue weighted by molar-refractivity contribution is -0.127. The molecule has 0 unspecified atom stereocenters. The van der Waals surface area contributed by atoms with Gasteiger partial charge >= 0.3 is 0 Å². The fourth-order valence-electron chi connectivity index (χ4n) is 6.35. The molecule has 2 aliphatic heterocycles. The van der Waals surface area contributed by atoms with Crippen LogP contribution in [0.1, 0.15) is 25.8 Å². The number of piperidine rings is 1. The first-order valence-corrected chi connectivity index (χ1v) is 15.3. The van der Waals surface area contributed by atoms with Crippen LogP contribution in [0.2, 0.25) is 5.02 Å². The number of nitriles is 1. The Hall–Kier alpha value is -4.59. The fraction of sp³-hybridized carbons (Fsp3) is 0.324. The van der Waals surface area contributed by atoms with Crippen molar-refractivity contribution in [3.8, 4) is 17.2 Å². The molecular formula is C34H34ClFN8O. The predicted molar refractivity (Wildman–Crippen MR) is 177 cm³/mol. The lowest BCUT2D eigenvalue weighted by atomic mass is 9.97. The van der Waals surface area contributed by atoms with Gasteiger partial charge in [-0.25, -0.2) is 9.37 Å². The molecule has 45 heavy (non-hydrogen) atoms. The number of fused-ring (bicyclic) bond motifs is 4. The second-order valence-electron chi connectivity index (χ2n) is 11.6. The zero-order valence-corrected chi connectivity index (χ0v) is 26.3. The van der Waals surface area contributed by atoms with Crippen molar-refractivity contribution in [1.29, 1.82) is 5.26 Å². The summed E-state index contributed by atoms with van der Waals surface area (Å²) in [6.07, 6.45) is 8.10. The second kappa shape index (κ2) is 12.4. The number of aromatic nitrogens is 4. The van der Waals surface area contributed by atoms with E-state index in [1.165, 1.54) is 13.0 Å². The molecular weight excluding hydrogens is 591 g/mol. The first kappa shape index (κ1) is 30.4. The van der Waals surface area contributed by atoms with Crippen LogP contribution >= 0.6 is 11.6 Å². The summed E-state index contributed by atoms with van der Waals surface area (Å²) in [4.78, 5) is 27.7. The summed E-state index contributed by atoms with van der Waals surface area (Å²) in [5.74, 6) is 0.195. The van der Waals surface area contributed by atoms with Crippen LogP contribution in [0.5, 0.6) is 0 Å². The lowest BCUT2D eigenvalue weighted by Crippen LogP contribution is -2.57. The SMILES string of the molecule is C=CC(=O)N1CCC(n2ncc3c(N4CC(N(C)C)C4)nc4c(F)c(-c5cncc6ccccc56)c(Cl)cc4c32)CC1.CC#N. The van der Waals surface area contributed by atoms with Gasteiger partial charge in [0.15, 0.2) is 5.82 Å². The number of amides is 1. The number of anilines is 1. The standard InChI is InChI=1S/C32H31ClFN7O.C2H3N/c1-4-27(42)39-11-9-20(10-12-39)41-31-23-13-26(33)28(24-15-35-14-19-7-5-6-8-22(19)24)29(34)30(23)37-32(25(31)16-36-41)40-17-21(18-40)38(2)3;1-2-3/h4-8,13-16,20-21H,1,9-12,17-18H2,2-3H3;1H3. The smallest absolute Gasteiger partial charge is 0.245 e. The molecule has 230 valence electrons. The van der Waals surface area contributed by atoms with E-state index in [0.29, 0.717) is 40.7 Å². The highest BCUT2D eigenvalue weighted by Crippen LogP contribution is 2.43. The summed E-state index contributed by atoms with van der Waals surface area (Å²) in [6, 6.07) is 11.8. The Balaban J connectivity index is 0.00000115. The number of nitrogens with zero attached hydrogens (tertiary/aromatic N) is 8. The molecule has 0 N–H and O–H groups in total. The zero-order chi connectivity index (χ0) is 31.8. The minimum absolute atomic E-state index is 0.0458. The highest BCUT2D eigenvalue weighted by Gasteiger charge is 2.33. The Morgan fingerprint density at radius 2 is 1.84 bits per heavy atom. The summed E-state index contributed by atoms with van der Waals surface area (Å²) in [5, 5.41) is 15.7. The maximum absolute atomic E-state index is 16.8. The molecule has 2 aliphatic rings. The van der Waals surface area contributed by atoms with Gasteiger partial charge in [0.1, 0.15) is 11.3 Å². The number of hydrogen-bond acceptors (Lipinski definition) is 7. The van der Waals surface area contributed by atoms with Crippen molar-refractivity contribution >= 4 is 55.9 Å². The summed E-state index contributed by atoms with van der Waals surface area (Å²) < 4.78 is 18.8. The van der Waals surface area contributed by atoms with Gasteiger partial charge in [-0.05, 0) is 44.5 Å². The third-order valence-electron chi connectivity index (χ3n) is 8.83. The molecule has 0 radical (unpaired) electrons. The number of carbonyl (C=O) groups excluding carboxylic acids is 1. The van der Waals surface area contributed by atoms with Crippen LogP contribution in [0.25, 0.3) is 43.7 Å². The van der Waals surface area contributed by atoms with Crippen LogP contribution in [0.4, 0.5) is 10.2 Å². The molecule has 0 bridgehead atoms. The monoisotopic (exact) mass is 624 g/mol. The summed E-state index contributed by atoms with van der Waals surface area (Å²) in [5.41, 5.74) is 2.01. The molecule has 0 aliphatic carbocycles. The van der Waals surface area contributed by atoms with Crippen molar-refractivity contribution in [2.45, 2.75) is 31.8 Å². The molecule has 11 heteroatoms. The maximum Gasteiger partial charge on any atom is 0.245 e. The molecule has 0 saturated carbocycles. The van der Waals surface area contributed by atoms with Gasteiger partial charge in [-0.1, -0.05) is 42.4 Å². The van der Waals surface area contributed by atoms with Crippen molar-refractivity contribution in [2.24, 2.45) is 0 Å². The molecule has 5 heterocycles. The predicted octanol–water partition coefficient (Wildman–Crippen LogP) is 6.22. The fourth-order valence-corrected chi connectivity index (χ4v) is 6.65. The third kappa shape index (κ3) is 5.36. The zero-order valence-electron chi connectivity index (χ0n) is 25.5. The number of hydrogen-bond donors (Lipinski definition) is 0. The van der Waals surface area contributed by atoms with Crippen LogP contribution in [-0.4, -0.2) is 81.8 Å². The summed E-state index contributed by atoms with van der Waals surface area (Å²) in [7, 11) is 4.14. The topological polar surface area (TPSA) is 94.2 Å². The average Bonchev–Trinajstić information content (AvgIpc) is 3.47. The Labute approximate surface area is 266 Å². The van der Waals surface area contributed by atoms with Crippen LogP contribution < -0.4 is 4.90 Å². The van der Waals surface area contributed by atoms with E-state index >= 15 is 4.39 Å². The normalized spacial score (nSPS) is 15.7. The third-order valence-corrected chi connectivity index (χ3v) is 9.13. The van der Waals surface area contributed by atoms with Gasteiger partial charge < -0.3 is 14.7 Å². The van der Waals surface area contributed by atoms with Crippen molar-refractivity contribution < 1.29 is 9.18 Å². The van der Waals surface area contributed by atoms with Crippen LogP contribution in [0, 0.1) is 17.1 Å². The Bertz CT molecular complexity index is 1960. The quantitative estimate of drug-likeness (QED) is 0.214. The van der Waals surface area contributed by atoms with Crippen LogP contribution in [0.3, 0.4) is 0 Å². The van der Waals surface area contributed by atoms with Crippen molar-refractivity contribution in [1.82, 2.24) is 29.5 Å². The van der Waals surface area contributed by atoms with E-state index in [2.05, 4.69) is 35.5 Å². The van der Waals surface area contributed by atoms with Gasteiger partial charge in [0.2, 0.25) is 5.91 Å². The molecule has 0 spiro atoms. The second-order valence-corrected chi connectivity index (χ2v) is 12.1. The number of likely N-dealkylation sites (N-methyl/N-ethyl adjacent to an activating group) is 1. The van der Waals surface area contributed by atoms with E-state index in [1.54, 1.807) is 18.5 Å². The van der Waals surface area contributed by atoms with Crippen molar-refractivity contribution in [2.75, 3.05) is 45.2 Å². The summed E-state index contributed by atoms with van der Waals surface area (Å²) >= 11 is 6.92. The minimum atomic E-state index is -0.470. The largest absolute Gasteiger partial charge is 0.353 e. The number of rotatable bonds is 5. The maximum atomic E-state index is 16.8. The van der Waals surface area contributed by atoms with E-state index < -0.39 is 5.82 Å². The number of carbonyl (C=O) groups is 1. The van der Waals surface area contributed by atoms with E-state index in [0.717, 1.165) is 53.4 Å². The van der Waals surface area contributed by atoms with Gasteiger partial charge in [0, 0.05) is 73.4 Å². The first-order valence-electron chi connectivity index (χ1n) is 14.9. The number of halogens is 2. The Morgan fingerprint density at radius 1 is 1.13 bits per heavy atom. The Morgan fingerprint density at radius 3 is 2.53 bits per heavy atom. The highest BCUT2D eigenvalue weighted by molar-refractivity contribution is 6.35. The molecule has 0 atom stereocenters. The molecule has 3 aromatic heterocycles. The number of pyridine rings is 2. The van der Waals surface area contributed by atoms with E-state index in [-0.39, 0.29) is 17.5 Å². The molecule has 2 fully saturated rings. The highest BCUT2D eigenvalue weighted by atomic mass is 35.5. The first-order chi connectivity index (χ1) is 21.8. The van der Waals surface area contributed by atoms with E-state index in [4.69, 9.17) is 26.9 Å². The average molecular weight is 625 g/mol. The minimum Gasteiger partial charge on any atom is -0.353 e. The van der Waals surface area contributed by atoms with Crippen LogP contribution in [-0.2, 0) is 4.79 Å². The van der Waals surface area contributed by atoms with Gasteiger partial charge in [0.05, 0.1) is 34.2 Å². The lowest BCUT2D eigenvalue weighted by Gasteiger charge is -2.43. The van der Waals surface area contributed by atoms with Crippen molar-refractivity contribution in [3.63, 3.8) is 0 Å². The van der Waals surface area contributed by atoms with E-state index in [1.807, 2.05) is 46.1 Å². The molecule has 5 aromatic rings. The van der Waals surface area contributed by atoms with Gasteiger partial charge in [0.25, 0.3) is 0 Å². The van der Waals surface area contributed by atoms with Crippen molar-refractivity contribution in [3.05, 3.63) is 72.4 Å². The molecule has 1 amide bonds. The van der Waals surface area contributed by atoms with Crippen LogP contribution in [0.15, 0.2) is 61.6 Å². The van der Waals surface area contributed by atoms with Gasteiger partial charge in [-0.2, -0.15) is 10.4 Å². The molecule has 2 saturated heterocycles. The van der Waals surface area contributed by atoms with Gasteiger partial charge in [-0.3, -0.25) is 14.5 Å². The van der Waals surface area contributed by atoms with Gasteiger partial charge in [-0.15, -0.1) is 0 Å². The molecule has 7 rings (SSSR count). The Kier molecular flexibility index (Phi) is 8.40.